The van der Waals surface area contributed by atoms with Gasteiger partial charge in [0.2, 0.25) is 0 Å². The second kappa shape index (κ2) is 5.69. The molecule has 1 fully saturated rings. The van der Waals surface area contributed by atoms with Gasteiger partial charge in [0.25, 0.3) is 0 Å². The van der Waals surface area contributed by atoms with Crippen molar-refractivity contribution >= 4 is 0 Å². The fourth-order valence-corrected chi connectivity index (χ4v) is 1.89. The normalized spacial score (nSPS) is 32.4. The lowest BCUT2D eigenvalue weighted by molar-refractivity contribution is 0.0887. The van der Waals surface area contributed by atoms with Crippen LogP contribution in [0.1, 0.15) is 39.5 Å². The van der Waals surface area contributed by atoms with Crippen LogP contribution in [0.5, 0.6) is 0 Å². The van der Waals surface area contributed by atoms with Gasteiger partial charge in [0.1, 0.15) is 0 Å². The van der Waals surface area contributed by atoms with Crippen molar-refractivity contribution in [2.75, 3.05) is 19.7 Å². The molecule has 1 saturated heterocycles. The summed E-state index contributed by atoms with van der Waals surface area (Å²) in [5.41, 5.74) is 5.64. The number of nitrogens with two attached hydrogens (primary N) is 1. The lowest BCUT2D eigenvalue weighted by Crippen LogP contribution is -2.48. The predicted molar refractivity (Wildman–Crippen MR) is 59.3 cm³/mol. The van der Waals surface area contributed by atoms with Crippen LogP contribution in [-0.4, -0.2) is 31.3 Å². The third-order valence-corrected chi connectivity index (χ3v) is 3.30. The topological polar surface area (TPSA) is 47.3 Å². The molecule has 3 heteroatoms. The summed E-state index contributed by atoms with van der Waals surface area (Å²) >= 11 is 0. The second-order valence-corrected chi connectivity index (χ2v) is 4.46. The zero-order valence-electron chi connectivity index (χ0n) is 9.51. The van der Waals surface area contributed by atoms with E-state index in [0.29, 0.717) is 6.10 Å². The highest BCUT2D eigenvalue weighted by molar-refractivity contribution is 4.93. The predicted octanol–water partition coefficient (Wildman–Crippen LogP) is 1.27. The van der Waals surface area contributed by atoms with Crippen LogP contribution in [0.2, 0.25) is 0 Å². The van der Waals surface area contributed by atoms with Crippen LogP contribution in [0, 0.1) is 0 Å². The summed E-state index contributed by atoms with van der Waals surface area (Å²) in [6.07, 6.45) is 5.07. The lowest BCUT2D eigenvalue weighted by Gasteiger charge is -2.29. The van der Waals surface area contributed by atoms with Gasteiger partial charge in [0, 0.05) is 12.1 Å². The number of nitrogens with one attached hydrogen (secondary N) is 1. The molecule has 1 rings (SSSR count). The van der Waals surface area contributed by atoms with Gasteiger partial charge >= 0.3 is 0 Å². The molecule has 1 aliphatic rings. The molecule has 3 nitrogen and oxygen atoms in total. The highest BCUT2D eigenvalue weighted by atomic mass is 16.5. The van der Waals surface area contributed by atoms with Crippen molar-refractivity contribution in [2.45, 2.75) is 51.2 Å². The van der Waals surface area contributed by atoms with E-state index in [0.717, 1.165) is 32.5 Å². The molecule has 1 heterocycles. The number of ether oxygens (including phenoxy) is 1. The first-order chi connectivity index (χ1) is 6.69. The molecule has 14 heavy (non-hydrogen) atoms. The van der Waals surface area contributed by atoms with Gasteiger partial charge in [0.05, 0.1) is 6.10 Å². The van der Waals surface area contributed by atoms with Crippen molar-refractivity contribution in [1.82, 2.24) is 5.32 Å². The number of hydrogen-bond donors (Lipinski definition) is 2. The Morgan fingerprint density at radius 3 is 2.79 bits per heavy atom. The minimum absolute atomic E-state index is 0.197. The smallest absolute Gasteiger partial charge is 0.0726 e. The van der Waals surface area contributed by atoms with E-state index < -0.39 is 0 Å². The number of rotatable bonds is 6. The second-order valence-electron chi connectivity index (χ2n) is 4.46. The molecule has 0 spiro atoms. The van der Waals surface area contributed by atoms with Gasteiger partial charge in [-0.2, -0.15) is 0 Å². The molecular weight excluding hydrogens is 176 g/mol. The van der Waals surface area contributed by atoms with Crippen LogP contribution in [-0.2, 0) is 4.74 Å². The quantitative estimate of drug-likeness (QED) is 0.635. The van der Waals surface area contributed by atoms with E-state index in [-0.39, 0.29) is 5.54 Å². The Hall–Kier alpha value is -0.120. The van der Waals surface area contributed by atoms with E-state index in [1.807, 2.05) is 0 Å². The van der Waals surface area contributed by atoms with Gasteiger partial charge < -0.3 is 15.8 Å². The summed E-state index contributed by atoms with van der Waals surface area (Å²) in [6, 6.07) is 0. The summed E-state index contributed by atoms with van der Waals surface area (Å²) in [5.74, 6) is 0. The van der Waals surface area contributed by atoms with Crippen molar-refractivity contribution in [3.8, 4) is 0 Å². The Balaban J connectivity index is 2.10. The fourth-order valence-electron chi connectivity index (χ4n) is 1.89. The number of hydrogen-bond acceptors (Lipinski definition) is 3. The van der Waals surface area contributed by atoms with Gasteiger partial charge in [0.15, 0.2) is 0 Å². The summed E-state index contributed by atoms with van der Waals surface area (Å²) in [4.78, 5) is 0. The zero-order valence-corrected chi connectivity index (χ0v) is 9.51. The van der Waals surface area contributed by atoms with Crippen molar-refractivity contribution in [3.05, 3.63) is 0 Å². The Labute approximate surface area is 87.4 Å². The van der Waals surface area contributed by atoms with Gasteiger partial charge in [-0.3, -0.25) is 0 Å². The van der Waals surface area contributed by atoms with E-state index in [1.165, 1.54) is 12.8 Å². The van der Waals surface area contributed by atoms with E-state index >= 15 is 0 Å². The molecule has 0 aromatic heterocycles. The first-order valence-corrected chi connectivity index (χ1v) is 5.76. The minimum atomic E-state index is 0.197. The lowest BCUT2D eigenvalue weighted by atomic mass is 9.94. The molecule has 84 valence electrons. The van der Waals surface area contributed by atoms with E-state index in [4.69, 9.17) is 10.5 Å². The van der Waals surface area contributed by atoms with E-state index in [1.54, 1.807) is 0 Å². The third kappa shape index (κ3) is 3.23. The van der Waals surface area contributed by atoms with Crippen molar-refractivity contribution in [3.63, 3.8) is 0 Å². The zero-order chi connectivity index (χ0) is 10.4. The van der Waals surface area contributed by atoms with Gasteiger partial charge in [-0.05, 0) is 46.2 Å². The molecule has 3 N–H and O–H groups in total. The molecule has 0 bridgehead atoms. The summed E-state index contributed by atoms with van der Waals surface area (Å²) in [7, 11) is 0. The molecule has 0 radical (unpaired) electrons. The van der Waals surface area contributed by atoms with Gasteiger partial charge in [-0.25, -0.2) is 0 Å². The van der Waals surface area contributed by atoms with Crippen LogP contribution in [0.4, 0.5) is 0 Å². The maximum absolute atomic E-state index is 5.56. The highest BCUT2D eigenvalue weighted by Gasteiger charge is 2.35. The fraction of sp³-hybridized carbons (Fsp3) is 1.00. The number of unbranched alkanes of at least 4 members (excludes halogenated alkanes) is 2. The average Bonchev–Trinajstić information content (AvgIpc) is 2.47. The monoisotopic (exact) mass is 200 g/mol. The van der Waals surface area contributed by atoms with Crippen LogP contribution in [0.15, 0.2) is 0 Å². The first-order valence-electron chi connectivity index (χ1n) is 5.76. The molecule has 2 unspecified atom stereocenters. The first kappa shape index (κ1) is 12.0. The Bertz CT molecular complexity index is 163. The van der Waals surface area contributed by atoms with Crippen LogP contribution < -0.4 is 11.1 Å². The van der Waals surface area contributed by atoms with Gasteiger partial charge in [-0.15, -0.1) is 0 Å². The molecule has 2 atom stereocenters. The van der Waals surface area contributed by atoms with Crippen molar-refractivity contribution in [2.24, 2.45) is 5.73 Å². The Morgan fingerprint density at radius 1 is 1.43 bits per heavy atom. The van der Waals surface area contributed by atoms with E-state index in [9.17, 15) is 0 Å². The molecule has 0 saturated carbocycles. The maximum Gasteiger partial charge on any atom is 0.0726 e. The SMILES string of the molecule is CC1OCCC1(C)NCCCCCN. The van der Waals surface area contributed by atoms with Crippen molar-refractivity contribution in [1.29, 1.82) is 0 Å². The van der Waals surface area contributed by atoms with E-state index in [2.05, 4.69) is 19.2 Å². The molecule has 0 aromatic carbocycles. The van der Waals surface area contributed by atoms with Gasteiger partial charge in [-0.1, -0.05) is 6.42 Å². The molecular formula is C11H24N2O. The van der Waals surface area contributed by atoms with Crippen LogP contribution in [0.25, 0.3) is 0 Å². The summed E-state index contributed by atoms with van der Waals surface area (Å²) < 4.78 is 5.56. The summed E-state index contributed by atoms with van der Waals surface area (Å²) in [6.45, 7) is 7.21. The molecule has 0 aromatic rings. The van der Waals surface area contributed by atoms with Crippen molar-refractivity contribution < 1.29 is 4.74 Å². The molecule has 1 aliphatic heterocycles. The average molecular weight is 200 g/mol. The summed E-state index contributed by atoms with van der Waals surface area (Å²) in [5, 5.41) is 3.60. The minimum Gasteiger partial charge on any atom is -0.377 e. The van der Waals surface area contributed by atoms with Crippen LogP contribution >= 0.6 is 0 Å². The van der Waals surface area contributed by atoms with Crippen LogP contribution in [0.3, 0.4) is 0 Å². The Morgan fingerprint density at radius 2 is 2.21 bits per heavy atom. The Kier molecular flexibility index (Phi) is 4.85. The standard InChI is InChI=1S/C11H24N2O/c1-10-11(2,6-9-14-10)13-8-5-3-4-7-12/h10,13H,3-9,12H2,1-2H3. The maximum atomic E-state index is 5.56. The molecule has 0 amide bonds. The molecule has 0 aliphatic carbocycles. The largest absolute Gasteiger partial charge is 0.377 e. The third-order valence-electron chi connectivity index (χ3n) is 3.30. The highest BCUT2D eigenvalue weighted by Crippen LogP contribution is 2.24.